The van der Waals surface area contributed by atoms with E-state index in [-0.39, 0.29) is 12.5 Å². The Bertz CT molecular complexity index is 673. The lowest BCUT2D eigenvalue weighted by atomic mass is 10.1. The lowest BCUT2D eigenvalue weighted by Crippen LogP contribution is -2.43. The Balaban J connectivity index is 2.13. The molecule has 0 saturated carbocycles. The van der Waals surface area contributed by atoms with Gasteiger partial charge in [-0.3, -0.25) is 4.79 Å². The Morgan fingerprint density at radius 2 is 1.87 bits per heavy atom. The second kappa shape index (κ2) is 8.34. The largest absolute Gasteiger partial charge is 0.464 e. The van der Waals surface area contributed by atoms with Crippen molar-refractivity contribution >= 4 is 23.5 Å². The number of ether oxygens (including phenoxy) is 1. The molecule has 0 radical (unpaired) electrons. The molecule has 4 nitrogen and oxygen atoms in total. The van der Waals surface area contributed by atoms with Crippen molar-refractivity contribution in [2.45, 2.75) is 19.4 Å². The smallest absolute Gasteiger partial charge is 0.328 e. The van der Waals surface area contributed by atoms with Crippen molar-refractivity contribution in [2.24, 2.45) is 0 Å². The lowest BCUT2D eigenvalue weighted by Gasteiger charge is -2.17. The van der Waals surface area contributed by atoms with E-state index >= 15 is 0 Å². The van der Waals surface area contributed by atoms with Crippen molar-refractivity contribution in [1.82, 2.24) is 5.32 Å². The SMILES string of the molecule is CCOC(=O)[C@@H](Cc1ccccc1)NC(=O)c1cccc(Cl)c1. The molecule has 1 amide bonds. The summed E-state index contributed by atoms with van der Waals surface area (Å²) < 4.78 is 5.06. The first kappa shape index (κ1) is 17.0. The predicted molar refractivity (Wildman–Crippen MR) is 89.5 cm³/mol. The van der Waals surface area contributed by atoms with E-state index in [9.17, 15) is 9.59 Å². The molecule has 1 N–H and O–H groups in total. The molecule has 23 heavy (non-hydrogen) atoms. The number of benzene rings is 2. The van der Waals surface area contributed by atoms with Gasteiger partial charge in [0.25, 0.3) is 5.91 Å². The van der Waals surface area contributed by atoms with Gasteiger partial charge in [-0.15, -0.1) is 0 Å². The van der Waals surface area contributed by atoms with Gasteiger partial charge < -0.3 is 10.1 Å². The van der Waals surface area contributed by atoms with E-state index in [4.69, 9.17) is 16.3 Å². The molecule has 0 spiro atoms. The van der Waals surface area contributed by atoms with Crippen LogP contribution >= 0.6 is 11.6 Å². The normalized spacial score (nSPS) is 11.6. The highest BCUT2D eigenvalue weighted by Gasteiger charge is 2.23. The third-order valence-electron chi connectivity index (χ3n) is 3.25. The minimum Gasteiger partial charge on any atom is -0.464 e. The van der Waals surface area contributed by atoms with Gasteiger partial charge in [0.2, 0.25) is 0 Å². The summed E-state index contributed by atoms with van der Waals surface area (Å²) in [5.41, 5.74) is 1.34. The number of carbonyl (C=O) groups is 2. The van der Waals surface area contributed by atoms with Gasteiger partial charge in [-0.1, -0.05) is 48.0 Å². The van der Waals surface area contributed by atoms with Gasteiger partial charge in [0.15, 0.2) is 0 Å². The van der Waals surface area contributed by atoms with E-state index in [0.717, 1.165) is 5.56 Å². The van der Waals surface area contributed by atoms with Crippen LogP contribution in [0, 0.1) is 0 Å². The first-order valence-corrected chi connectivity index (χ1v) is 7.75. The third kappa shape index (κ3) is 5.11. The summed E-state index contributed by atoms with van der Waals surface area (Å²) in [6.07, 6.45) is 0.367. The van der Waals surface area contributed by atoms with E-state index in [1.165, 1.54) is 0 Å². The summed E-state index contributed by atoms with van der Waals surface area (Å²) >= 11 is 5.90. The van der Waals surface area contributed by atoms with Crippen LogP contribution in [0.4, 0.5) is 0 Å². The Hall–Kier alpha value is -2.33. The van der Waals surface area contributed by atoms with Crippen LogP contribution in [0.15, 0.2) is 54.6 Å². The maximum absolute atomic E-state index is 12.3. The van der Waals surface area contributed by atoms with Crippen LogP contribution in [-0.2, 0) is 16.0 Å². The minimum atomic E-state index is -0.746. The maximum Gasteiger partial charge on any atom is 0.328 e. The summed E-state index contributed by atoms with van der Waals surface area (Å²) in [7, 11) is 0. The number of hydrogen-bond acceptors (Lipinski definition) is 3. The number of nitrogens with one attached hydrogen (secondary N) is 1. The third-order valence-corrected chi connectivity index (χ3v) is 3.48. The van der Waals surface area contributed by atoms with Crippen LogP contribution in [0.2, 0.25) is 5.02 Å². The molecule has 120 valence electrons. The Morgan fingerprint density at radius 3 is 2.52 bits per heavy atom. The number of amides is 1. The number of hydrogen-bond donors (Lipinski definition) is 1. The maximum atomic E-state index is 12.3. The van der Waals surface area contributed by atoms with E-state index in [1.807, 2.05) is 30.3 Å². The van der Waals surface area contributed by atoms with Crippen LogP contribution in [-0.4, -0.2) is 24.5 Å². The summed E-state index contributed by atoms with van der Waals surface area (Å²) in [6, 6.07) is 15.3. The molecule has 0 aromatic heterocycles. The first-order valence-electron chi connectivity index (χ1n) is 7.37. The summed E-state index contributed by atoms with van der Waals surface area (Å²) in [5, 5.41) is 3.19. The minimum absolute atomic E-state index is 0.261. The van der Waals surface area contributed by atoms with Gasteiger partial charge >= 0.3 is 5.97 Å². The average Bonchev–Trinajstić information content (AvgIpc) is 2.55. The quantitative estimate of drug-likeness (QED) is 0.827. The highest BCUT2D eigenvalue weighted by Crippen LogP contribution is 2.11. The van der Waals surface area contributed by atoms with Crippen LogP contribution in [0.25, 0.3) is 0 Å². The van der Waals surface area contributed by atoms with Crippen molar-refractivity contribution in [3.63, 3.8) is 0 Å². The molecular formula is C18H18ClNO3. The molecule has 0 bridgehead atoms. The molecule has 1 atom stereocenters. The summed E-state index contributed by atoms with van der Waals surface area (Å²) in [4.78, 5) is 24.4. The van der Waals surface area contributed by atoms with Gasteiger partial charge in [0.05, 0.1) is 6.61 Å². The van der Waals surface area contributed by atoms with Crippen LogP contribution in [0.5, 0.6) is 0 Å². The lowest BCUT2D eigenvalue weighted by molar-refractivity contribution is -0.145. The molecule has 5 heteroatoms. The number of halogens is 1. The zero-order valence-corrected chi connectivity index (χ0v) is 13.5. The zero-order valence-electron chi connectivity index (χ0n) is 12.8. The van der Waals surface area contributed by atoms with Crippen LogP contribution in [0.3, 0.4) is 0 Å². The molecule has 2 aromatic rings. The van der Waals surface area contributed by atoms with Crippen molar-refractivity contribution in [1.29, 1.82) is 0 Å². The van der Waals surface area contributed by atoms with E-state index in [0.29, 0.717) is 17.0 Å². The fourth-order valence-electron chi connectivity index (χ4n) is 2.16. The van der Waals surface area contributed by atoms with Gasteiger partial charge in [-0.25, -0.2) is 4.79 Å². The van der Waals surface area contributed by atoms with Crippen molar-refractivity contribution in [2.75, 3.05) is 6.61 Å². The Labute approximate surface area is 140 Å². The highest BCUT2D eigenvalue weighted by atomic mass is 35.5. The molecule has 0 saturated heterocycles. The second-order valence-electron chi connectivity index (χ2n) is 4.98. The van der Waals surface area contributed by atoms with E-state index < -0.39 is 12.0 Å². The molecule has 0 unspecified atom stereocenters. The van der Waals surface area contributed by atoms with Gasteiger partial charge in [-0.2, -0.15) is 0 Å². The molecule has 0 fully saturated rings. The van der Waals surface area contributed by atoms with E-state index in [1.54, 1.807) is 31.2 Å². The second-order valence-corrected chi connectivity index (χ2v) is 5.41. The van der Waals surface area contributed by atoms with Crippen molar-refractivity contribution in [3.05, 3.63) is 70.7 Å². The summed E-state index contributed by atoms with van der Waals surface area (Å²) in [6.45, 7) is 1.99. The molecule has 0 aliphatic heterocycles. The topological polar surface area (TPSA) is 55.4 Å². The van der Waals surface area contributed by atoms with E-state index in [2.05, 4.69) is 5.32 Å². The molecular weight excluding hydrogens is 314 g/mol. The number of rotatable bonds is 6. The molecule has 2 rings (SSSR count). The predicted octanol–water partition coefficient (Wildman–Crippen LogP) is 3.24. The van der Waals surface area contributed by atoms with Crippen LogP contribution < -0.4 is 5.32 Å². The van der Waals surface area contributed by atoms with Gasteiger partial charge in [0, 0.05) is 17.0 Å². The monoisotopic (exact) mass is 331 g/mol. The Morgan fingerprint density at radius 1 is 1.13 bits per heavy atom. The van der Waals surface area contributed by atoms with Crippen molar-refractivity contribution in [3.8, 4) is 0 Å². The molecule has 0 aliphatic rings. The first-order chi connectivity index (χ1) is 11.1. The fourth-order valence-corrected chi connectivity index (χ4v) is 2.35. The average molecular weight is 332 g/mol. The molecule has 2 aromatic carbocycles. The molecule has 0 heterocycles. The zero-order chi connectivity index (χ0) is 16.7. The van der Waals surface area contributed by atoms with Gasteiger partial charge in [-0.05, 0) is 30.7 Å². The molecule has 0 aliphatic carbocycles. The highest BCUT2D eigenvalue weighted by molar-refractivity contribution is 6.31. The summed E-state index contributed by atoms with van der Waals surface area (Å²) in [5.74, 6) is -0.812. The van der Waals surface area contributed by atoms with Crippen LogP contribution in [0.1, 0.15) is 22.8 Å². The van der Waals surface area contributed by atoms with Gasteiger partial charge in [0.1, 0.15) is 6.04 Å². The number of carbonyl (C=O) groups excluding carboxylic acids is 2. The fraction of sp³-hybridized carbons (Fsp3) is 0.222. The van der Waals surface area contributed by atoms with Crippen molar-refractivity contribution < 1.29 is 14.3 Å². The number of esters is 1. The standard InChI is InChI=1S/C18H18ClNO3/c1-2-23-18(22)16(11-13-7-4-3-5-8-13)20-17(21)14-9-6-10-15(19)12-14/h3-10,12,16H,2,11H2,1H3,(H,20,21)/t16-/m1/s1. The Kier molecular flexibility index (Phi) is 6.18.